The molecule has 2 fully saturated rings. The van der Waals surface area contributed by atoms with Crippen molar-refractivity contribution in [3.8, 4) is 0 Å². The van der Waals surface area contributed by atoms with Gasteiger partial charge in [-0.25, -0.2) is 0 Å². The second kappa shape index (κ2) is 9.67. The van der Waals surface area contributed by atoms with Gasteiger partial charge in [-0.3, -0.25) is 9.88 Å². The van der Waals surface area contributed by atoms with E-state index in [1.165, 1.54) is 38.5 Å². The third kappa shape index (κ3) is 5.93. The summed E-state index contributed by atoms with van der Waals surface area (Å²) < 4.78 is 5.93. The fourth-order valence-electron chi connectivity index (χ4n) is 4.54. The molecule has 1 saturated heterocycles. The maximum absolute atomic E-state index is 6.05. The van der Waals surface area contributed by atoms with Crippen molar-refractivity contribution >= 4 is 5.69 Å². The lowest BCUT2D eigenvalue weighted by Crippen LogP contribution is -2.52. The molecule has 2 aliphatic rings. The fourth-order valence-corrected chi connectivity index (χ4v) is 4.54. The first kappa shape index (κ1) is 19.6. The lowest BCUT2D eigenvalue weighted by molar-refractivity contribution is -0.0783. The summed E-state index contributed by atoms with van der Waals surface area (Å²) in [7, 11) is 0. The van der Waals surface area contributed by atoms with Crippen molar-refractivity contribution in [3.05, 3.63) is 24.5 Å². The van der Waals surface area contributed by atoms with E-state index in [1.807, 2.05) is 18.5 Å². The molecule has 1 aliphatic heterocycles. The maximum atomic E-state index is 6.05. The van der Waals surface area contributed by atoms with Gasteiger partial charge in [-0.15, -0.1) is 0 Å². The summed E-state index contributed by atoms with van der Waals surface area (Å²) >= 11 is 0. The zero-order chi connectivity index (χ0) is 18.4. The van der Waals surface area contributed by atoms with E-state index >= 15 is 0 Å². The number of pyridine rings is 1. The molecule has 5 heteroatoms. The molecule has 3 atom stereocenters. The SMILES string of the molecule is CC1CN(C(CCCC2CCC(N)CC2)Nc2cccnc2)CC(C)O1. The molecule has 3 N–H and O–H groups in total. The minimum atomic E-state index is 0.289. The number of anilines is 1. The summed E-state index contributed by atoms with van der Waals surface area (Å²) in [6, 6.07) is 4.55. The first-order chi connectivity index (χ1) is 12.6. The lowest BCUT2D eigenvalue weighted by Gasteiger charge is -2.41. The molecule has 0 radical (unpaired) electrons. The molecule has 5 nitrogen and oxygen atoms in total. The van der Waals surface area contributed by atoms with Crippen LogP contribution in [0.4, 0.5) is 5.69 Å². The molecular weight excluding hydrogens is 324 g/mol. The van der Waals surface area contributed by atoms with Crippen molar-refractivity contribution in [1.29, 1.82) is 0 Å². The average molecular weight is 361 g/mol. The van der Waals surface area contributed by atoms with Gasteiger partial charge in [0.05, 0.1) is 24.1 Å². The minimum absolute atomic E-state index is 0.289. The van der Waals surface area contributed by atoms with E-state index < -0.39 is 0 Å². The molecule has 1 saturated carbocycles. The monoisotopic (exact) mass is 360 g/mol. The number of nitrogens with one attached hydrogen (secondary N) is 1. The molecule has 1 aliphatic carbocycles. The molecule has 146 valence electrons. The van der Waals surface area contributed by atoms with Crippen molar-refractivity contribution in [2.45, 2.75) is 83.2 Å². The second-order valence-electron chi connectivity index (χ2n) is 8.32. The molecule has 0 aromatic carbocycles. The number of nitrogens with two attached hydrogens (primary N) is 1. The summed E-state index contributed by atoms with van der Waals surface area (Å²) in [5.41, 5.74) is 7.15. The summed E-state index contributed by atoms with van der Waals surface area (Å²) in [6.45, 7) is 6.32. The number of nitrogens with zero attached hydrogens (tertiary/aromatic N) is 2. The van der Waals surface area contributed by atoms with Gasteiger partial charge in [0, 0.05) is 31.5 Å². The number of ether oxygens (including phenoxy) is 1. The van der Waals surface area contributed by atoms with E-state index in [1.54, 1.807) is 0 Å². The number of rotatable bonds is 7. The number of morpholine rings is 1. The smallest absolute Gasteiger partial charge is 0.0795 e. The largest absolute Gasteiger partial charge is 0.373 e. The zero-order valence-electron chi connectivity index (χ0n) is 16.4. The maximum Gasteiger partial charge on any atom is 0.0795 e. The average Bonchev–Trinajstić information content (AvgIpc) is 2.62. The van der Waals surface area contributed by atoms with Crippen molar-refractivity contribution in [1.82, 2.24) is 9.88 Å². The van der Waals surface area contributed by atoms with Crippen LogP contribution < -0.4 is 11.1 Å². The van der Waals surface area contributed by atoms with Gasteiger partial charge in [-0.1, -0.05) is 6.42 Å². The van der Waals surface area contributed by atoms with Gasteiger partial charge in [0.1, 0.15) is 0 Å². The third-order valence-electron chi connectivity index (χ3n) is 5.86. The highest BCUT2D eigenvalue weighted by Gasteiger charge is 2.28. The molecule has 1 aromatic heterocycles. The zero-order valence-corrected chi connectivity index (χ0v) is 16.4. The molecule has 3 unspecified atom stereocenters. The van der Waals surface area contributed by atoms with Gasteiger partial charge in [0.15, 0.2) is 0 Å². The van der Waals surface area contributed by atoms with Crippen LogP contribution in [0.25, 0.3) is 0 Å². The van der Waals surface area contributed by atoms with E-state index in [-0.39, 0.29) is 12.2 Å². The molecule has 0 bridgehead atoms. The Bertz CT molecular complexity index is 508. The topological polar surface area (TPSA) is 63.4 Å². The summed E-state index contributed by atoms with van der Waals surface area (Å²) in [5, 5.41) is 3.72. The van der Waals surface area contributed by atoms with E-state index in [0.29, 0.717) is 12.2 Å². The van der Waals surface area contributed by atoms with Crippen LogP contribution in [0.3, 0.4) is 0 Å². The van der Waals surface area contributed by atoms with Crippen LogP contribution in [0.5, 0.6) is 0 Å². The Morgan fingerprint density at radius 1 is 1.23 bits per heavy atom. The Balaban J connectivity index is 1.55. The Hall–Kier alpha value is -1.17. The summed E-state index contributed by atoms with van der Waals surface area (Å²) in [5.74, 6) is 0.872. The van der Waals surface area contributed by atoms with Crippen LogP contribution >= 0.6 is 0 Å². The van der Waals surface area contributed by atoms with Crippen LogP contribution in [0.1, 0.15) is 58.8 Å². The highest BCUT2D eigenvalue weighted by molar-refractivity contribution is 5.40. The van der Waals surface area contributed by atoms with Gasteiger partial charge in [-0.2, -0.15) is 0 Å². The Morgan fingerprint density at radius 2 is 1.96 bits per heavy atom. The van der Waals surface area contributed by atoms with E-state index in [2.05, 4.69) is 35.1 Å². The normalized spacial score (nSPS) is 31.5. The Labute approximate surface area is 158 Å². The van der Waals surface area contributed by atoms with Crippen molar-refractivity contribution in [2.24, 2.45) is 11.7 Å². The molecule has 26 heavy (non-hydrogen) atoms. The Kier molecular flexibility index (Phi) is 7.29. The summed E-state index contributed by atoms with van der Waals surface area (Å²) in [4.78, 5) is 6.81. The van der Waals surface area contributed by atoms with Gasteiger partial charge >= 0.3 is 0 Å². The van der Waals surface area contributed by atoms with Crippen LogP contribution in [-0.2, 0) is 4.74 Å². The first-order valence-electron chi connectivity index (χ1n) is 10.4. The first-order valence-corrected chi connectivity index (χ1v) is 10.4. The van der Waals surface area contributed by atoms with Crippen molar-refractivity contribution in [2.75, 3.05) is 18.4 Å². The van der Waals surface area contributed by atoms with E-state index in [9.17, 15) is 0 Å². The van der Waals surface area contributed by atoms with Crippen LogP contribution in [0.15, 0.2) is 24.5 Å². The van der Waals surface area contributed by atoms with Crippen LogP contribution in [0.2, 0.25) is 0 Å². The highest BCUT2D eigenvalue weighted by atomic mass is 16.5. The minimum Gasteiger partial charge on any atom is -0.373 e. The number of aromatic nitrogens is 1. The molecule has 0 amide bonds. The van der Waals surface area contributed by atoms with Crippen LogP contribution in [0, 0.1) is 5.92 Å². The second-order valence-corrected chi connectivity index (χ2v) is 8.32. The fraction of sp³-hybridized carbons (Fsp3) is 0.762. The molecule has 1 aromatic rings. The Morgan fingerprint density at radius 3 is 2.62 bits per heavy atom. The molecule has 3 rings (SSSR count). The van der Waals surface area contributed by atoms with E-state index in [0.717, 1.165) is 31.1 Å². The van der Waals surface area contributed by atoms with Gasteiger partial charge in [0.2, 0.25) is 0 Å². The molecular formula is C21H36N4O. The van der Waals surface area contributed by atoms with Crippen molar-refractivity contribution < 1.29 is 4.74 Å². The quantitative estimate of drug-likeness (QED) is 0.777. The van der Waals surface area contributed by atoms with Crippen LogP contribution in [-0.4, -0.2) is 47.4 Å². The number of hydrogen-bond donors (Lipinski definition) is 2. The predicted molar refractivity (Wildman–Crippen MR) is 107 cm³/mol. The molecule has 2 heterocycles. The van der Waals surface area contributed by atoms with Gasteiger partial charge in [0.25, 0.3) is 0 Å². The van der Waals surface area contributed by atoms with Crippen molar-refractivity contribution in [3.63, 3.8) is 0 Å². The van der Waals surface area contributed by atoms with E-state index in [4.69, 9.17) is 10.5 Å². The lowest BCUT2D eigenvalue weighted by atomic mass is 9.83. The predicted octanol–water partition coefficient (Wildman–Crippen LogP) is 3.62. The summed E-state index contributed by atoms with van der Waals surface area (Å²) in [6.07, 6.45) is 13.5. The van der Waals surface area contributed by atoms with Gasteiger partial charge in [-0.05, 0) is 70.4 Å². The highest BCUT2D eigenvalue weighted by Crippen LogP contribution is 2.28. The standard InChI is InChI=1S/C21H36N4O/c1-16-14-25(15-17(2)26-16)21(24-20-6-4-12-23-13-20)7-3-5-18-8-10-19(22)11-9-18/h4,6,12-13,16-19,21,24H,3,5,7-11,14-15,22H2,1-2H3. The molecule has 0 spiro atoms. The third-order valence-corrected chi connectivity index (χ3v) is 5.86. The number of hydrogen-bond acceptors (Lipinski definition) is 5. The van der Waals surface area contributed by atoms with Gasteiger partial charge < -0.3 is 15.8 Å².